The first-order valence-corrected chi connectivity index (χ1v) is 16.3. The van der Waals surface area contributed by atoms with Crippen LogP contribution in [0.25, 0.3) is 0 Å². The Labute approximate surface area is 244 Å². The van der Waals surface area contributed by atoms with Crippen molar-refractivity contribution in [2.24, 2.45) is 5.92 Å². The molecule has 5 atom stereocenters. The van der Waals surface area contributed by atoms with Crippen LogP contribution in [0.1, 0.15) is 119 Å². The molecule has 8 heteroatoms. The third-order valence-electron chi connectivity index (χ3n) is 10.6. The van der Waals surface area contributed by atoms with E-state index in [-0.39, 0.29) is 30.1 Å². The minimum absolute atomic E-state index is 0.0483. The molecule has 3 aliphatic carbocycles. The van der Waals surface area contributed by atoms with Crippen LogP contribution in [0, 0.1) is 5.92 Å². The number of benzene rings is 1. The second-order valence-electron chi connectivity index (χ2n) is 13.6. The summed E-state index contributed by atoms with van der Waals surface area (Å²) < 4.78 is 21.9. The quantitative estimate of drug-likeness (QED) is 0.516. The smallest absolute Gasteiger partial charge is 0.254 e. The molecule has 41 heavy (non-hydrogen) atoms. The summed E-state index contributed by atoms with van der Waals surface area (Å²) in [6, 6.07) is 7.70. The highest BCUT2D eigenvalue weighted by Crippen LogP contribution is 2.50. The number of aliphatic hydroxyl groups is 1. The van der Waals surface area contributed by atoms with Gasteiger partial charge >= 0.3 is 0 Å². The molecule has 7 nitrogen and oxygen atoms in total. The number of fused-ring (bicyclic) bond motifs is 1. The van der Waals surface area contributed by atoms with Gasteiger partial charge in [-0.1, -0.05) is 57.1 Å². The average Bonchev–Trinajstić information content (AvgIpc) is 3.62. The first-order chi connectivity index (χ1) is 19.8. The highest BCUT2D eigenvalue weighted by molar-refractivity contribution is 5.94. The van der Waals surface area contributed by atoms with E-state index in [1.54, 1.807) is 9.80 Å². The summed E-state index contributed by atoms with van der Waals surface area (Å²) >= 11 is 0. The van der Waals surface area contributed by atoms with Crippen molar-refractivity contribution >= 4 is 11.8 Å². The summed E-state index contributed by atoms with van der Waals surface area (Å²) in [5.41, 5.74) is -0.0475. The average molecular weight is 570 g/mol. The summed E-state index contributed by atoms with van der Waals surface area (Å²) in [4.78, 5) is 29.5. The lowest BCUT2D eigenvalue weighted by Gasteiger charge is -2.45. The maximum absolute atomic E-state index is 15.0. The number of hydrogen-bond donors (Lipinski definition) is 2. The Bertz CT molecular complexity index is 1080. The number of alkyl halides is 1. The number of rotatable bonds is 4. The monoisotopic (exact) mass is 569 g/mol. The maximum Gasteiger partial charge on any atom is 0.254 e. The predicted molar refractivity (Wildman–Crippen MR) is 155 cm³/mol. The van der Waals surface area contributed by atoms with Crippen LogP contribution < -0.4 is 5.32 Å². The van der Waals surface area contributed by atoms with E-state index in [4.69, 9.17) is 4.74 Å². The van der Waals surface area contributed by atoms with Crippen molar-refractivity contribution in [2.45, 2.75) is 133 Å². The SMILES string of the molecule is C[C@@H]1CN(C(=O)c2ccc(C3NC4CCC(F)CC4(C4CCCCCCCCC4)O3)cc2)CCN1C(=O)C1(O)CC1. The predicted octanol–water partition coefficient (Wildman–Crippen LogP) is 5.27. The van der Waals surface area contributed by atoms with Crippen molar-refractivity contribution in [1.29, 1.82) is 0 Å². The standard InChI is InChI=1S/C33H48FN3O4/c1-23-22-36(19-20-37(23)31(39)32(40)17-18-32)30(38)25-13-11-24(12-14-25)29-35-28-16-15-27(34)21-33(28,41-29)26-9-7-5-3-2-4-6-8-10-26/h11-14,23,26-29,35,40H,2-10,15-22H2,1H3/t23-,27?,28?,29?,33?/m1/s1. The van der Waals surface area contributed by atoms with Gasteiger partial charge in [0.25, 0.3) is 11.8 Å². The van der Waals surface area contributed by atoms with Crippen LogP contribution in [0.4, 0.5) is 4.39 Å². The fraction of sp³-hybridized carbons (Fsp3) is 0.758. The van der Waals surface area contributed by atoms with Gasteiger partial charge in [0.15, 0.2) is 0 Å². The number of carbonyl (C=O) groups is 2. The van der Waals surface area contributed by atoms with E-state index in [0.29, 0.717) is 56.8 Å². The third kappa shape index (κ3) is 5.94. The van der Waals surface area contributed by atoms with Crippen molar-refractivity contribution < 1.29 is 23.8 Å². The number of hydrogen-bond acceptors (Lipinski definition) is 5. The van der Waals surface area contributed by atoms with Gasteiger partial charge in [0.1, 0.15) is 18.0 Å². The van der Waals surface area contributed by atoms with Crippen LogP contribution in [-0.4, -0.2) is 75.8 Å². The van der Waals surface area contributed by atoms with Gasteiger partial charge in [0.2, 0.25) is 0 Å². The van der Waals surface area contributed by atoms with Gasteiger partial charge in [-0.2, -0.15) is 0 Å². The molecule has 2 N–H and O–H groups in total. The molecule has 1 aromatic carbocycles. The summed E-state index contributed by atoms with van der Waals surface area (Å²) in [6.45, 7) is 3.28. The van der Waals surface area contributed by atoms with Crippen LogP contribution in [0.3, 0.4) is 0 Å². The molecular formula is C33H48FN3O4. The van der Waals surface area contributed by atoms with Crippen molar-refractivity contribution in [1.82, 2.24) is 15.1 Å². The highest BCUT2D eigenvalue weighted by atomic mass is 19.1. The topological polar surface area (TPSA) is 82.1 Å². The van der Waals surface area contributed by atoms with Gasteiger partial charge in [0, 0.05) is 43.7 Å². The molecule has 0 bridgehead atoms. The Kier molecular flexibility index (Phi) is 8.45. The minimum Gasteiger partial charge on any atom is -0.380 e. The van der Waals surface area contributed by atoms with Gasteiger partial charge in [0.05, 0.1) is 5.60 Å². The Morgan fingerprint density at radius 2 is 1.61 bits per heavy atom. The molecule has 3 saturated carbocycles. The largest absolute Gasteiger partial charge is 0.380 e. The number of nitrogens with one attached hydrogen (secondary N) is 1. The summed E-state index contributed by atoms with van der Waals surface area (Å²) in [7, 11) is 0. The van der Waals surface area contributed by atoms with E-state index in [9.17, 15) is 19.1 Å². The normalized spacial score (nSPS) is 34.6. The van der Waals surface area contributed by atoms with E-state index in [0.717, 1.165) is 24.8 Å². The zero-order valence-corrected chi connectivity index (χ0v) is 24.7. The van der Waals surface area contributed by atoms with Crippen LogP contribution in [0.15, 0.2) is 24.3 Å². The van der Waals surface area contributed by atoms with Gasteiger partial charge < -0.3 is 19.6 Å². The zero-order valence-electron chi connectivity index (χ0n) is 24.7. The second-order valence-corrected chi connectivity index (χ2v) is 13.6. The third-order valence-corrected chi connectivity index (χ3v) is 10.6. The van der Waals surface area contributed by atoms with Crippen LogP contribution in [0.2, 0.25) is 0 Å². The van der Waals surface area contributed by atoms with Crippen LogP contribution in [-0.2, 0) is 9.53 Å². The number of carbonyl (C=O) groups excluding carboxylic acids is 2. The number of ether oxygens (including phenoxy) is 1. The lowest BCUT2D eigenvalue weighted by molar-refractivity contribution is -0.146. The van der Waals surface area contributed by atoms with E-state index < -0.39 is 17.4 Å². The molecule has 1 aromatic rings. The van der Waals surface area contributed by atoms with Gasteiger partial charge in [-0.05, 0) is 69.1 Å². The highest BCUT2D eigenvalue weighted by Gasteiger charge is 2.56. The lowest BCUT2D eigenvalue weighted by Crippen LogP contribution is -2.57. The van der Waals surface area contributed by atoms with Crippen molar-refractivity contribution in [2.75, 3.05) is 19.6 Å². The molecule has 4 unspecified atom stereocenters. The Hall–Kier alpha value is -2.03. The first kappa shape index (κ1) is 29.1. The molecule has 2 saturated heterocycles. The molecule has 0 spiro atoms. The molecule has 2 aliphatic heterocycles. The molecule has 226 valence electrons. The Balaban J connectivity index is 1.12. The van der Waals surface area contributed by atoms with Crippen molar-refractivity contribution in [3.05, 3.63) is 35.4 Å². The van der Waals surface area contributed by atoms with Crippen LogP contribution in [0.5, 0.6) is 0 Å². The van der Waals surface area contributed by atoms with Gasteiger partial charge in [-0.25, -0.2) is 4.39 Å². The number of piperazine rings is 1. The molecule has 2 heterocycles. The second kappa shape index (κ2) is 11.9. The summed E-state index contributed by atoms with van der Waals surface area (Å²) in [5.74, 6) is 0.122. The van der Waals surface area contributed by atoms with Gasteiger partial charge in [-0.3, -0.25) is 14.9 Å². The molecular weight excluding hydrogens is 521 g/mol. The fourth-order valence-electron chi connectivity index (χ4n) is 8.01. The Morgan fingerprint density at radius 3 is 2.24 bits per heavy atom. The summed E-state index contributed by atoms with van der Waals surface area (Å²) in [6.07, 6.45) is 12.9. The maximum atomic E-state index is 15.0. The molecule has 0 aromatic heterocycles. The molecule has 6 rings (SSSR count). The zero-order chi connectivity index (χ0) is 28.6. The molecule has 5 fully saturated rings. The molecule has 2 amide bonds. The van der Waals surface area contributed by atoms with E-state index in [2.05, 4.69) is 5.32 Å². The van der Waals surface area contributed by atoms with Crippen molar-refractivity contribution in [3.8, 4) is 0 Å². The lowest BCUT2D eigenvalue weighted by atomic mass is 9.68. The molecule has 5 aliphatic rings. The fourth-order valence-corrected chi connectivity index (χ4v) is 8.01. The molecule has 0 radical (unpaired) electrons. The number of amides is 2. The van der Waals surface area contributed by atoms with Crippen molar-refractivity contribution in [3.63, 3.8) is 0 Å². The van der Waals surface area contributed by atoms with Crippen LogP contribution >= 0.6 is 0 Å². The van der Waals surface area contributed by atoms with Gasteiger partial charge in [-0.15, -0.1) is 0 Å². The number of halogens is 1. The minimum atomic E-state index is -1.18. The number of nitrogens with zero attached hydrogens (tertiary/aromatic N) is 2. The first-order valence-electron chi connectivity index (χ1n) is 16.3. The van der Waals surface area contributed by atoms with E-state index in [1.165, 1.54) is 44.9 Å². The van der Waals surface area contributed by atoms with E-state index >= 15 is 0 Å². The van der Waals surface area contributed by atoms with E-state index in [1.807, 2.05) is 31.2 Å². The Morgan fingerprint density at radius 1 is 0.951 bits per heavy atom. The summed E-state index contributed by atoms with van der Waals surface area (Å²) in [5, 5.41) is 14.0.